The van der Waals surface area contributed by atoms with Crippen molar-refractivity contribution in [2.24, 2.45) is 17.5 Å². The van der Waals surface area contributed by atoms with Crippen LogP contribution in [0.3, 0.4) is 0 Å². The Hall–Kier alpha value is -2.75. The van der Waals surface area contributed by atoms with Gasteiger partial charge in [-0.05, 0) is 46.5 Å². The number of nitrogens with zero attached hydrogens (tertiary/aromatic N) is 6. The van der Waals surface area contributed by atoms with E-state index in [0.717, 1.165) is 0 Å². The zero-order valence-electron chi connectivity index (χ0n) is 29.4. The molecule has 2 aliphatic rings. The zero-order chi connectivity index (χ0) is 34.7. The molecule has 1 aromatic rings. The lowest BCUT2D eigenvalue weighted by molar-refractivity contribution is -0.929. The fourth-order valence-corrected chi connectivity index (χ4v) is 6.19. The van der Waals surface area contributed by atoms with Crippen LogP contribution in [0.4, 0.5) is 4.79 Å². The van der Waals surface area contributed by atoms with Gasteiger partial charge >= 0.3 is 12.0 Å². The van der Waals surface area contributed by atoms with Gasteiger partial charge in [0, 0.05) is 19.7 Å². The first kappa shape index (κ1) is 39.4. The summed E-state index contributed by atoms with van der Waals surface area (Å²) in [5, 5.41) is 4.66. The van der Waals surface area contributed by atoms with Crippen molar-refractivity contribution in [2.45, 2.75) is 112 Å². The number of hydrogen-bond acceptors (Lipinski definition) is 9. The van der Waals surface area contributed by atoms with E-state index in [1.165, 1.54) is 105 Å². The highest BCUT2D eigenvalue weighted by molar-refractivity contribution is 7.80. The van der Waals surface area contributed by atoms with Gasteiger partial charge in [0.15, 0.2) is 5.84 Å². The molecule has 0 saturated carbocycles. The number of fused-ring (bicyclic) bond motifs is 4. The molecule has 0 unspecified atom stereocenters. The Bertz CT molecular complexity index is 1240. The molecule has 2 amide bonds. The minimum atomic E-state index is -5.17. The highest BCUT2D eigenvalue weighted by atomic mass is 32.3. The van der Waals surface area contributed by atoms with Gasteiger partial charge in [-0.25, -0.2) is 23.5 Å². The SMILES string of the molecule is CCCC[N+](CCCC)(CCCC)CCCC.CN=C(NOC(=O)C(C)(C)C)[C@@H]1c2c(cnn2C)[C@@H]2CN1C(=O)N2OS(=O)(=O)[O-]. The summed E-state index contributed by atoms with van der Waals surface area (Å²) in [6.07, 6.45) is 12.5. The average Bonchev–Trinajstić information content (AvgIpc) is 3.51. The number of rotatable bonds is 15. The lowest BCUT2D eigenvalue weighted by atomic mass is 9.97. The van der Waals surface area contributed by atoms with E-state index in [4.69, 9.17) is 4.84 Å². The van der Waals surface area contributed by atoms with Crippen LogP contribution in [0.15, 0.2) is 11.2 Å². The molecule has 2 atom stereocenters. The van der Waals surface area contributed by atoms with Crippen LogP contribution < -0.4 is 5.48 Å². The molecule has 46 heavy (non-hydrogen) atoms. The molecule has 2 bridgehead atoms. The number of aliphatic imine (C=N–C) groups is 1. The molecule has 1 N–H and O–H groups in total. The lowest BCUT2D eigenvalue weighted by Gasteiger charge is -2.39. The maximum atomic E-state index is 12.8. The van der Waals surface area contributed by atoms with Crippen LogP contribution in [0.5, 0.6) is 0 Å². The first-order valence-corrected chi connectivity index (χ1v) is 18.0. The Kier molecular flexibility index (Phi) is 14.9. The Morgan fingerprint density at radius 3 is 1.96 bits per heavy atom. The standard InChI is InChI=1S/C16H36N.C15H22N6O7S/c1-5-9-13-17(14-10-6-2,15-11-7-3)16-12-8-4;1-15(2,3)13(22)27-18-12(16-4)11-10-8(6-17-19(10)5)9-7-20(11)14(23)21(9)28-29(24,25)26/h5-16H2,1-4H3;6,9,11H,7H2,1-5H3,(H,16,18)(H,24,25,26)/q+1;/p-1/t;9-,11-/m.0/s1. The van der Waals surface area contributed by atoms with E-state index in [-0.39, 0.29) is 12.4 Å². The summed E-state index contributed by atoms with van der Waals surface area (Å²) in [5.74, 6) is -0.432. The lowest BCUT2D eigenvalue weighted by Crippen LogP contribution is -2.50. The summed E-state index contributed by atoms with van der Waals surface area (Å²) in [6, 6.07) is -2.57. The molecular weight excluding hydrogens is 614 g/mol. The number of nitrogens with one attached hydrogen (secondary N) is 1. The maximum Gasteiger partial charge on any atom is 0.346 e. The molecule has 1 aromatic heterocycles. The number of quaternary nitrogens is 1. The first-order valence-electron chi connectivity index (χ1n) is 16.7. The van der Waals surface area contributed by atoms with Crippen molar-refractivity contribution in [1.29, 1.82) is 0 Å². The number of hydroxylamine groups is 3. The number of amides is 2. The first-order chi connectivity index (χ1) is 21.6. The normalized spacial score (nSPS) is 18.3. The third-order valence-corrected chi connectivity index (χ3v) is 8.85. The number of amidine groups is 1. The van der Waals surface area contributed by atoms with E-state index in [2.05, 4.69) is 47.5 Å². The van der Waals surface area contributed by atoms with Gasteiger partial charge in [-0.2, -0.15) is 14.4 Å². The van der Waals surface area contributed by atoms with Crippen molar-refractivity contribution in [3.63, 3.8) is 0 Å². The van der Waals surface area contributed by atoms with Crippen LogP contribution in [-0.4, -0.2) is 94.8 Å². The summed E-state index contributed by atoms with van der Waals surface area (Å²) in [7, 11) is -2.10. The molecule has 3 rings (SSSR count). The Balaban J connectivity index is 0.000000372. The summed E-state index contributed by atoms with van der Waals surface area (Å²) in [4.78, 5) is 35.3. The summed E-state index contributed by atoms with van der Waals surface area (Å²) in [6.45, 7) is 20.1. The molecule has 1 fully saturated rings. The molecule has 2 aliphatic heterocycles. The predicted molar refractivity (Wildman–Crippen MR) is 175 cm³/mol. The number of aromatic nitrogens is 2. The van der Waals surface area contributed by atoms with Gasteiger partial charge in [0.05, 0.1) is 50.0 Å². The van der Waals surface area contributed by atoms with Gasteiger partial charge in [-0.3, -0.25) is 9.67 Å². The largest absolute Gasteiger partial charge is 0.724 e. The van der Waals surface area contributed by atoms with Crippen molar-refractivity contribution in [3.05, 3.63) is 17.5 Å². The topological polar surface area (TPSA) is 158 Å². The Labute approximate surface area is 275 Å². The third-order valence-electron chi connectivity index (χ3n) is 8.51. The molecule has 0 aliphatic carbocycles. The fraction of sp³-hybridized carbons (Fsp3) is 0.806. The van der Waals surface area contributed by atoms with Crippen molar-refractivity contribution in [3.8, 4) is 0 Å². The molecule has 14 nitrogen and oxygen atoms in total. The molecule has 264 valence electrons. The van der Waals surface area contributed by atoms with Gasteiger partial charge in [0.1, 0.15) is 12.1 Å². The monoisotopic (exact) mass is 671 g/mol. The summed E-state index contributed by atoms with van der Waals surface area (Å²) < 4.78 is 40.5. The molecule has 1 saturated heterocycles. The molecular formula is C31H57N7O7S. The summed E-state index contributed by atoms with van der Waals surface area (Å²) in [5.41, 5.74) is 2.70. The quantitative estimate of drug-likeness (QED) is 0.0692. The molecule has 15 heteroatoms. The minimum Gasteiger partial charge on any atom is -0.724 e. The Morgan fingerprint density at radius 2 is 1.54 bits per heavy atom. The van der Waals surface area contributed by atoms with Gasteiger partial charge < -0.3 is 18.8 Å². The number of unbranched alkanes of at least 4 members (excludes halogenated alkanes) is 4. The Morgan fingerprint density at radius 1 is 1.04 bits per heavy atom. The van der Waals surface area contributed by atoms with E-state index >= 15 is 0 Å². The van der Waals surface area contributed by atoms with E-state index < -0.39 is 39.9 Å². The van der Waals surface area contributed by atoms with Crippen molar-refractivity contribution < 1.29 is 36.2 Å². The van der Waals surface area contributed by atoms with E-state index in [9.17, 15) is 22.6 Å². The van der Waals surface area contributed by atoms with Gasteiger partial charge in [0.25, 0.3) is 0 Å². The second-order valence-corrected chi connectivity index (χ2v) is 14.2. The molecule has 0 spiro atoms. The zero-order valence-corrected chi connectivity index (χ0v) is 30.2. The smallest absolute Gasteiger partial charge is 0.346 e. The number of urea groups is 1. The maximum absolute atomic E-state index is 12.8. The van der Waals surface area contributed by atoms with E-state index in [1.54, 1.807) is 27.8 Å². The second kappa shape index (κ2) is 17.4. The molecule has 0 aromatic carbocycles. The van der Waals surface area contributed by atoms with Crippen LogP contribution in [0, 0.1) is 5.41 Å². The van der Waals surface area contributed by atoms with Crippen LogP contribution >= 0.6 is 0 Å². The average molecular weight is 672 g/mol. The van der Waals surface area contributed by atoms with Crippen LogP contribution in [-0.2, 0) is 31.4 Å². The predicted octanol–water partition coefficient (Wildman–Crippen LogP) is 4.77. The van der Waals surface area contributed by atoms with Gasteiger partial charge in [0.2, 0.25) is 10.4 Å². The van der Waals surface area contributed by atoms with Crippen LogP contribution in [0.2, 0.25) is 0 Å². The summed E-state index contributed by atoms with van der Waals surface area (Å²) >= 11 is 0. The molecule has 3 heterocycles. The van der Waals surface area contributed by atoms with Crippen LogP contribution in [0.25, 0.3) is 0 Å². The van der Waals surface area contributed by atoms with Crippen molar-refractivity contribution in [1.82, 2.24) is 25.2 Å². The van der Waals surface area contributed by atoms with Gasteiger partial charge in [-0.1, -0.05) is 53.4 Å². The van der Waals surface area contributed by atoms with Crippen molar-refractivity contribution in [2.75, 3.05) is 39.8 Å². The number of carbonyl (C=O) groups excluding carboxylic acids is 2. The highest BCUT2D eigenvalue weighted by Crippen LogP contribution is 2.44. The van der Waals surface area contributed by atoms with Crippen molar-refractivity contribution >= 4 is 28.2 Å². The second-order valence-electron chi connectivity index (χ2n) is 13.3. The van der Waals surface area contributed by atoms with Crippen LogP contribution in [0.1, 0.15) is 123 Å². The number of carbonyl (C=O) groups is 2. The number of hydrogen-bond donors (Lipinski definition) is 1. The third kappa shape index (κ3) is 10.4. The molecule has 0 radical (unpaired) electrons. The van der Waals surface area contributed by atoms with Gasteiger partial charge in [-0.15, -0.1) is 0 Å². The number of aryl methyl sites for hydroxylation is 1. The van der Waals surface area contributed by atoms with E-state index in [0.29, 0.717) is 16.3 Å². The minimum absolute atomic E-state index is 0.0195. The fourth-order valence-electron chi connectivity index (χ4n) is 5.82. The van der Waals surface area contributed by atoms with E-state index in [1.807, 2.05) is 0 Å². The highest BCUT2D eigenvalue weighted by Gasteiger charge is 2.53.